The van der Waals surface area contributed by atoms with Gasteiger partial charge in [-0.3, -0.25) is 4.79 Å². The lowest BCUT2D eigenvalue weighted by Gasteiger charge is -2.11. The molecule has 0 bridgehead atoms. The number of nitrogens with zero attached hydrogens (tertiary/aromatic N) is 2. The first-order chi connectivity index (χ1) is 13.6. The molecule has 4 aromatic rings. The third kappa shape index (κ3) is 3.85. The van der Waals surface area contributed by atoms with E-state index in [2.05, 4.69) is 44.0 Å². The molecule has 1 aromatic heterocycles. The molecular weight excluding hydrogens is 414 g/mol. The molecule has 0 fully saturated rings. The van der Waals surface area contributed by atoms with Crippen LogP contribution in [0.15, 0.2) is 77.3 Å². The maximum absolute atomic E-state index is 12.6. The standard InChI is InChI=1S/C23H20BrN3O/c1-16-6-2-3-7-19(16)23(28)25-14-22-26-20-8-4-5-9-21(20)27(22)15-17-10-12-18(24)13-11-17/h2-13H,14-15H2,1H3,(H,25,28). The molecule has 1 heterocycles. The second-order valence-corrected chi connectivity index (χ2v) is 7.64. The van der Waals surface area contributed by atoms with Crippen molar-refractivity contribution in [2.75, 3.05) is 0 Å². The van der Waals surface area contributed by atoms with E-state index < -0.39 is 0 Å². The highest BCUT2D eigenvalue weighted by atomic mass is 79.9. The lowest BCUT2D eigenvalue weighted by atomic mass is 10.1. The normalized spacial score (nSPS) is 10.9. The van der Waals surface area contributed by atoms with Crippen LogP contribution < -0.4 is 5.32 Å². The van der Waals surface area contributed by atoms with E-state index in [-0.39, 0.29) is 5.91 Å². The van der Waals surface area contributed by atoms with Crippen LogP contribution in [-0.4, -0.2) is 15.5 Å². The highest BCUT2D eigenvalue weighted by Gasteiger charge is 2.13. The SMILES string of the molecule is Cc1ccccc1C(=O)NCc1nc2ccccc2n1Cc1ccc(Br)cc1. The fourth-order valence-electron chi connectivity index (χ4n) is 3.29. The van der Waals surface area contributed by atoms with Crippen LogP contribution in [0, 0.1) is 6.92 Å². The van der Waals surface area contributed by atoms with Crippen molar-refractivity contribution in [2.45, 2.75) is 20.0 Å². The van der Waals surface area contributed by atoms with E-state index in [1.54, 1.807) is 0 Å². The Morgan fingerprint density at radius 2 is 1.71 bits per heavy atom. The highest BCUT2D eigenvalue weighted by Crippen LogP contribution is 2.19. The molecule has 0 saturated carbocycles. The summed E-state index contributed by atoms with van der Waals surface area (Å²) in [6, 6.07) is 23.9. The monoisotopic (exact) mass is 433 g/mol. The van der Waals surface area contributed by atoms with E-state index in [0.29, 0.717) is 18.7 Å². The molecule has 28 heavy (non-hydrogen) atoms. The lowest BCUT2D eigenvalue weighted by Crippen LogP contribution is -2.25. The van der Waals surface area contributed by atoms with Gasteiger partial charge in [0.25, 0.3) is 5.91 Å². The Balaban J connectivity index is 1.62. The molecule has 1 N–H and O–H groups in total. The first-order valence-corrected chi connectivity index (χ1v) is 9.93. The Kier molecular flexibility index (Phi) is 5.26. The number of imidazole rings is 1. The van der Waals surface area contributed by atoms with Crippen molar-refractivity contribution in [1.29, 1.82) is 0 Å². The molecule has 0 aliphatic carbocycles. The number of nitrogens with one attached hydrogen (secondary N) is 1. The van der Waals surface area contributed by atoms with E-state index in [0.717, 1.165) is 26.9 Å². The summed E-state index contributed by atoms with van der Waals surface area (Å²) in [4.78, 5) is 17.4. The Hall–Kier alpha value is -2.92. The average Bonchev–Trinajstić information content (AvgIpc) is 3.06. The molecule has 0 unspecified atom stereocenters. The number of hydrogen-bond donors (Lipinski definition) is 1. The number of aryl methyl sites for hydroxylation is 1. The molecule has 0 radical (unpaired) electrons. The van der Waals surface area contributed by atoms with Crippen LogP contribution in [0.1, 0.15) is 27.3 Å². The number of carbonyl (C=O) groups excluding carboxylic acids is 1. The minimum atomic E-state index is -0.0830. The van der Waals surface area contributed by atoms with Gasteiger partial charge in [-0.15, -0.1) is 0 Å². The minimum absolute atomic E-state index is 0.0830. The van der Waals surface area contributed by atoms with Crippen molar-refractivity contribution < 1.29 is 4.79 Å². The summed E-state index contributed by atoms with van der Waals surface area (Å²) >= 11 is 3.48. The first-order valence-electron chi connectivity index (χ1n) is 9.14. The predicted molar refractivity (Wildman–Crippen MR) is 115 cm³/mol. The highest BCUT2D eigenvalue weighted by molar-refractivity contribution is 9.10. The van der Waals surface area contributed by atoms with Gasteiger partial charge >= 0.3 is 0 Å². The summed E-state index contributed by atoms with van der Waals surface area (Å²) in [5, 5.41) is 3.02. The van der Waals surface area contributed by atoms with Crippen LogP contribution in [0.3, 0.4) is 0 Å². The molecule has 4 rings (SSSR count). The number of hydrogen-bond acceptors (Lipinski definition) is 2. The summed E-state index contributed by atoms with van der Waals surface area (Å²) in [6.07, 6.45) is 0. The van der Waals surface area contributed by atoms with Crippen LogP contribution in [0.25, 0.3) is 11.0 Å². The number of para-hydroxylation sites is 2. The van der Waals surface area contributed by atoms with E-state index >= 15 is 0 Å². The zero-order chi connectivity index (χ0) is 19.5. The molecule has 4 nitrogen and oxygen atoms in total. The molecule has 5 heteroatoms. The average molecular weight is 434 g/mol. The third-order valence-corrected chi connectivity index (χ3v) is 5.31. The van der Waals surface area contributed by atoms with Crippen LogP contribution in [-0.2, 0) is 13.1 Å². The Morgan fingerprint density at radius 1 is 1.00 bits per heavy atom. The summed E-state index contributed by atoms with van der Waals surface area (Å²) in [5.41, 5.74) is 4.82. The number of rotatable bonds is 5. The van der Waals surface area contributed by atoms with Crippen molar-refractivity contribution in [1.82, 2.24) is 14.9 Å². The van der Waals surface area contributed by atoms with E-state index in [9.17, 15) is 4.79 Å². The zero-order valence-corrected chi connectivity index (χ0v) is 17.1. The fourth-order valence-corrected chi connectivity index (χ4v) is 3.56. The van der Waals surface area contributed by atoms with Gasteiger partial charge in [0.15, 0.2) is 0 Å². The van der Waals surface area contributed by atoms with Crippen molar-refractivity contribution in [3.63, 3.8) is 0 Å². The second kappa shape index (κ2) is 7.98. The second-order valence-electron chi connectivity index (χ2n) is 6.73. The summed E-state index contributed by atoms with van der Waals surface area (Å²) in [6.45, 7) is 3.01. The Morgan fingerprint density at radius 3 is 2.50 bits per heavy atom. The number of aromatic nitrogens is 2. The van der Waals surface area contributed by atoms with Crippen molar-refractivity contribution in [3.8, 4) is 0 Å². The lowest BCUT2D eigenvalue weighted by molar-refractivity contribution is 0.0949. The molecule has 0 aliphatic rings. The van der Waals surface area contributed by atoms with Gasteiger partial charge in [0, 0.05) is 16.6 Å². The van der Waals surface area contributed by atoms with Gasteiger partial charge in [0.2, 0.25) is 0 Å². The summed E-state index contributed by atoms with van der Waals surface area (Å²) < 4.78 is 3.22. The predicted octanol–water partition coefficient (Wildman–Crippen LogP) is 5.09. The largest absolute Gasteiger partial charge is 0.345 e. The fraction of sp³-hybridized carbons (Fsp3) is 0.130. The minimum Gasteiger partial charge on any atom is -0.345 e. The summed E-state index contributed by atoms with van der Waals surface area (Å²) in [7, 11) is 0. The van der Waals surface area contributed by atoms with Gasteiger partial charge in [0.05, 0.1) is 17.6 Å². The molecule has 0 spiro atoms. The van der Waals surface area contributed by atoms with Crippen molar-refractivity contribution >= 4 is 32.9 Å². The molecule has 0 saturated heterocycles. The quantitative estimate of drug-likeness (QED) is 0.476. The van der Waals surface area contributed by atoms with Gasteiger partial charge in [-0.25, -0.2) is 4.98 Å². The van der Waals surface area contributed by atoms with Gasteiger partial charge in [-0.05, 0) is 48.4 Å². The zero-order valence-electron chi connectivity index (χ0n) is 15.5. The smallest absolute Gasteiger partial charge is 0.251 e. The number of halogens is 1. The molecule has 1 amide bonds. The Labute approximate surface area is 172 Å². The molecule has 140 valence electrons. The maximum Gasteiger partial charge on any atom is 0.251 e. The van der Waals surface area contributed by atoms with Gasteiger partial charge in [-0.1, -0.05) is 58.4 Å². The molecule has 0 atom stereocenters. The maximum atomic E-state index is 12.6. The van der Waals surface area contributed by atoms with Crippen LogP contribution in [0.5, 0.6) is 0 Å². The van der Waals surface area contributed by atoms with Crippen molar-refractivity contribution in [3.05, 3.63) is 99.8 Å². The van der Waals surface area contributed by atoms with Crippen LogP contribution in [0.4, 0.5) is 0 Å². The number of amides is 1. The van der Waals surface area contributed by atoms with Gasteiger partial charge in [0.1, 0.15) is 5.82 Å². The van der Waals surface area contributed by atoms with E-state index in [1.807, 2.05) is 61.5 Å². The summed E-state index contributed by atoms with van der Waals surface area (Å²) in [5.74, 6) is 0.756. The molecule has 3 aromatic carbocycles. The topological polar surface area (TPSA) is 46.9 Å². The Bertz CT molecular complexity index is 1130. The number of fused-ring (bicyclic) bond motifs is 1. The van der Waals surface area contributed by atoms with E-state index in [1.165, 1.54) is 5.56 Å². The molecular formula is C23H20BrN3O. The van der Waals surface area contributed by atoms with E-state index in [4.69, 9.17) is 4.98 Å². The molecule has 0 aliphatic heterocycles. The van der Waals surface area contributed by atoms with Gasteiger partial charge in [-0.2, -0.15) is 0 Å². The van der Waals surface area contributed by atoms with Crippen LogP contribution >= 0.6 is 15.9 Å². The van der Waals surface area contributed by atoms with Crippen molar-refractivity contribution in [2.24, 2.45) is 0 Å². The number of carbonyl (C=O) groups is 1. The first kappa shape index (κ1) is 18.4. The number of benzene rings is 3. The third-order valence-electron chi connectivity index (χ3n) is 4.78. The van der Waals surface area contributed by atoms with Gasteiger partial charge < -0.3 is 9.88 Å². The van der Waals surface area contributed by atoms with Crippen LogP contribution in [0.2, 0.25) is 0 Å².